The molecule has 1 atom stereocenters. The van der Waals surface area contributed by atoms with Gasteiger partial charge in [-0.05, 0) is 44.2 Å². The second-order valence-corrected chi connectivity index (χ2v) is 6.22. The third-order valence-electron chi connectivity index (χ3n) is 4.38. The smallest absolute Gasteiger partial charge is 0.165 e. The molecular formula is C20H20FN5O. The van der Waals surface area contributed by atoms with E-state index in [1.807, 2.05) is 44.6 Å². The van der Waals surface area contributed by atoms with E-state index in [0.29, 0.717) is 18.2 Å². The molecule has 138 valence electrons. The minimum atomic E-state index is -0.295. The van der Waals surface area contributed by atoms with Crippen LogP contribution in [0.3, 0.4) is 0 Å². The molecule has 0 aliphatic rings. The molecule has 0 saturated heterocycles. The highest BCUT2D eigenvalue weighted by molar-refractivity contribution is 5.77. The van der Waals surface area contributed by atoms with Gasteiger partial charge in [-0.15, -0.1) is 0 Å². The summed E-state index contributed by atoms with van der Waals surface area (Å²) in [5, 5.41) is 7.68. The molecule has 0 fully saturated rings. The van der Waals surface area contributed by atoms with Crippen molar-refractivity contribution in [3.05, 3.63) is 66.5 Å². The van der Waals surface area contributed by atoms with E-state index in [1.54, 1.807) is 16.8 Å². The number of fused-ring (bicyclic) bond motifs is 1. The Bertz CT molecular complexity index is 1060. The summed E-state index contributed by atoms with van der Waals surface area (Å²) in [7, 11) is 0. The summed E-state index contributed by atoms with van der Waals surface area (Å²) in [4.78, 5) is 7.74. The van der Waals surface area contributed by atoms with Gasteiger partial charge in [0.05, 0.1) is 18.8 Å². The molecular weight excluding hydrogens is 345 g/mol. The lowest BCUT2D eigenvalue weighted by molar-refractivity contribution is 0.334. The number of anilines is 1. The lowest BCUT2D eigenvalue weighted by Crippen LogP contribution is -2.11. The van der Waals surface area contributed by atoms with Gasteiger partial charge in [-0.2, -0.15) is 5.10 Å². The van der Waals surface area contributed by atoms with Crippen LogP contribution >= 0.6 is 0 Å². The molecule has 27 heavy (non-hydrogen) atoms. The molecule has 4 rings (SSSR count). The second kappa shape index (κ2) is 7.11. The lowest BCUT2D eigenvalue weighted by atomic mass is 10.1. The van der Waals surface area contributed by atoms with Gasteiger partial charge in [-0.25, -0.2) is 13.9 Å². The molecule has 0 spiro atoms. The third kappa shape index (κ3) is 3.36. The Morgan fingerprint density at radius 1 is 1.30 bits per heavy atom. The molecule has 1 unspecified atom stereocenters. The first kappa shape index (κ1) is 17.1. The number of aromatic amines is 1. The van der Waals surface area contributed by atoms with Gasteiger partial charge in [-0.1, -0.05) is 0 Å². The van der Waals surface area contributed by atoms with Crippen molar-refractivity contribution in [1.29, 1.82) is 0 Å². The number of hydrogen-bond acceptors (Lipinski definition) is 4. The molecule has 0 amide bonds. The molecule has 0 aliphatic heterocycles. The van der Waals surface area contributed by atoms with Gasteiger partial charge in [0.2, 0.25) is 0 Å². The molecule has 0 saturated carbocycles. The highest BCUT2D eigenvalue weighted by atomic mass is 19.1. The van der Waals surface area contributed by atoms with Crippen LogP contribution in [0, 0.1) is 5.82 Å². The number of halogens is 1. The first-order valence-corrected chi connectivity index (χ1v) is 8.82. The van der Waals surface area contributed by atoms with Crippen molar-refractivity contribution < 1.29 is 9.13 Å². The molecule has 0 aliphatic carbocycles. The molecule has 3 heterocycles. The zero-order chi connectivity index (χ0) is 18.8. The number of H-pyrrole nitrogens is 1. The van der Waals surface area contributed by atoms with Crippen molar-refractivity contribution in [3.63, 3.8) is 0 Å². The van der Waals surface area contributed by atoms with Crippen LogP contribution in [0.25, 0.3) is 16.8 Å². The summed E-state index contributed by atoms with van der Waals surface area (Å²) in [6.07, 6.45) is 7.41. The average Bonchev–Trinajstić information content (AvgIpc) is 3.32. The summed E-state index contributed by atoms with van der Waals surface area (Å²) >= 11 is 0. The molecule has 7 heteroatoms. The number of hydrogen-bond donors (Lipinski definition) is 2. The predicted molar refractivity (Wildman–Crippen MR) is 102 cm³/mol. The van der Waals surface area contributed by atoms with Crippen LogP contribution in [-0.2, 0) is 0 Å². The lowest BCUT2D eigenvalue weighted by Gasteiger charge is -2.18. The van der Waals surface area contributed by atoms with Crippen LogP contribution < -0.4 is 10.1 Å². The Hall–Kier alpha value is -3.35. The van der Waals surface area contributed by atoms with Crippen LogP contribution in [0.15, 0.2) is 55.1 Å². The SMILES string of the molecule is CCOc1ccc(F)cc1C(C)Nc1ccn2ncc(-c3cc[nH]c3)c2n1. The van der Waals surface area contributed by atoms with E-state index < -0.39 is 0 Å². The van der Waals surface area contributed by atoms with Crippen molar-refractivity contribution in [2.45, 2.75) is 19.9 Å². The fraction of sp³-hybridized carbons (Fsp3) is 0.200. The molecule has 0 bridgehead atoms. The van der Waals surface area contributed by atoms with E-state index in [9.17, 15) is 4.39 Å². The summed E-state index contributed by atoms with van der Waals surface area (Å²) in [6, 6.07) is 8.19. The molecule has 3 aromatic heterocycles. The van der Waals surface area contributed by atoms with Gasteiger partial charge < -0.3 is 15.0 Å². The van der Waals surface area contributed by atoms with E-state index in [4.69, 9.17) is 9.72 Å². The zero-order valence-corrected chi connectivity index (χ0v) is 15.1. The largest absolute Gasteiger partial charge is 0.494 e. The maximum Gasteiger partial charge on any atom is 0.165 e. The van der Waals surface area contributed by atoms with Crippen molar-refractivity contribution in [3.8, 4) is 16.9 Å². The maximum absolute atomic E-state index is 13.7. The Balaban J connectivity index is 1.66. The number of rotatable bonds is 6. The van der Waals surface area contributed by atoms with Crippen LogP contribution in [0.1, 0.15) is 25.5 Å². The van der Waals surface area contributed by atoms with Gasteiger partial charge in [0.25, 0.3) is 0 Å². The monoisotopic (exact) mass is 365 g/mol. The summed E-state index contributed by atoms with van der Waals surface area (Å²) in [5.41, 5.74) is 3.45. The quantitative estimate of drug-likeness (QED) is 0.530. The van der Waals surface area contributed by atoms with Crippen molar-refractivity contribution in [2.24, 2.45) is 0 Å². The third-order valence-corrected chi connectivity index (χ3v) is 4.38. The number of ether oxygens (including phenoxy) is 1. The maximum atomic E-state index is 13.7. The number of aromatic nitrogens is 4. The summed E-state index contributed by atoms with van der Waals surface area (Å²) in [5.74, 6) is 1.05. The minimum absolute atomic E-state index is 0.184. The highest BCUT2D eigenvalue weighted by Gasteiger charge is 2.15. The first-order chi connectivity index (χ1) is 13.2. The summed E-state index contributed by atoms with van der Waals surface area (Å²) in [6.45, 7) is 4.38. The fourth-order valence-corrected chi connectivity index (χ4v) is 3.09. The Labute approximate surface area is 156 Å². The van der Waals surface area contributed by atoms with Crippen LogP contribution in [-0.4, -0.2) is 26.2 Å². The van der Waals surface area contributed by atoms with Gasteiger partial charge in [0.15, 0.2) is 5.65 Å². The molecule has 1 aromatic carbocycles. The van der Waals surface area contributed by atoms with Crippen LogP contribution in [0.4, 0.5) is 10.2 Å². The molecule has 0 radical (unpaired) electrons. The van der Waals surface area contributed by atoms with Gasteiger partial charge in [-0.3, -0.25) is 0 Å². The van der Waals surface area contributed by atoms with E-state index in [1.165, 1.54) is 12.1 Å². The van der Waals surface area contributed by atoms with Crippen molar-refractivity contribution >= 4 is 11.5 Å². The predicted octanol–water partition coefficient (Wildman–Crippen LogP) is 4.44. The van der Waals surface area contributed by atoms with Crippen molar-refractivity contribution in [1.82, 2.24) is 19.6 Å². The van der Waals surface area contributed by atoms with E-state index in [2.05, 4.69) is 15.4 Å². The standard InChI is InChI=1S/C20H20FN5O/c1-3-27-18-5-4-15(21)10-16(18)13(2)24-19-7-9-26-20(25-19)17(12-23-26)14-6-8-22-11-14/h4-13,22H,3H2,1-2H3,(H,24,25). The van der Waals surface area contributed by atoms with Gasteiger partial charge >= 0.3 is 0 Å². The number of benzene rings is 1. The zero-order valence-electron chi connectivity index (χ0n) is 15.1. The summed E-state index contributed by atoms with van der Waals surface area (Å²) < 4.78 is 21.1. The first-order valence-electron chi connectivity index (χ1n) is 8.82. The van der Waals surface area contributed by atoms with E-state index >= 15 is 0 Å². The second-order valence-electron chi connectivity index (χ2n) is 6.22. The fourth-order valence-electron chi connectivity index (χ4n) is 3.09. The average molecular weight is 365 g/mol. The Morgan fingerprint density at radius 3 is 2.96 bits per heavy atom. The normalized spacial score (nSPS) is 12.3. The number of nitrogens with zero attached hydrogens (tertiary/aromatic N) is 3. The molecule has 4 aromatic rings. The van der Waals surface area contributed by atoms with Gasteiger partial charge in [0.1, 0.15) is 17.4 Å². The van der Waals surface area contributed by atoms with E-state index in [-0.39, 0.29) is 11.9 Å². The van der Waals surface area contributed by atoms with Crippen LogP contribution in [0.5, 0.6) is 5.75 Å². The Kier molecular flexibility index (Phi) is 4.50. The molecule has 6 nitrogen and oxygen atoms in total. The molecule has 2 N–H and O–H groups in total. The topological polar surface area (TPSA) is 67.2 Å². The van der Waals surface area contributed by atoms with Crippen LogP contribution in [0.2, 0.25) is 0 Å². The highest BCUT2D eigenvalue weighted by Crippen LogP contribution is 2.29. The number of nitrogens with one attached hydrogen (secondary N) is 2. The van der Waals surface area contributed by atoms with E-state index in [0.717, 1.165) is 22.3 Å². The van der Waals surface area contributed by atoms with Gasteiger partial charge in [0, 0.05) is 35.3 Å². The minimum Gasteiger partial charge on any atom is -0.494 e. The Morgan fingerprint density at radius 2 is 2.19 bits per heavy atom. The van der Waals surface area contributed by atoms with Crippen molar-refractivity contribution in [2.75, 3.05) is 11.9 Å².